The molecule has 0 spiro atoms. The number of hydrogen-bond donors (Lipinski definition) is 1. The lowest BCUT2D eigenvalue weighted by atomic mass is 10.2. The zero-order valence-corrected chi connectivity index (χ0v) is 18.4. The van der Waals surface area contributed by atoms with E-state index in [4.69, 9.17) is 11.6 Å². The summed E-state index contributed by atoms with van der Waals surface area (Å²) in [5.41, 5.74) is 1.92. The van der Waals surface area contributed by atoms with E-state index in [-0.39, 0.29) is 36.4 Å². The van der Waals surface area contributed by atoms with E-state index in [9.17, 15) is 4.79 Å². The third kappa shape index (κ3) is 5.55. The fraction of sp³-hybridized carbons (Fsp3) is 0.412. The number of guanidine groups is 1. The van der Waals surface area contributed by atoms with E-state index in [1.54, 1.807) is 35.1 Å². The van der Waals surface area contributed by atoms with E-state index >= 15 is 0 Å². The lowest BCUT2D eigenvalue weighted by Gasteiger charge is -2.35. The predicted molar refractivity (Wildman–Crippen MR) is 117 cm³/mol. The molecule has 146 valence electrons. The molecular weight excluding hydrogens is 481 g/mol. The predicted octanol–water partition coefficient (Wildman–Crippen LogP) is 1.55. The summed E-state index contributed by atoms with van der Waals surface area (Å²) in [5.74, 6) is 0.764. The molecule has 0 saturated carbocycles. The Morgan fingerprint density at radius 1 is 1.33 bits per heavy atom. The number of halogens is 2. The Morgan fingerprint density at radius 3 is 2.74 bits per heavy atom. The third-order valence-corrected chi connectivity index (χ3v) is 4.44. The number of piperazine rings is 1. The summed E-state index contributed by atoms with van der Waals surface area (Å²) in [4.78, 5) is 24.6. The van der Waals surface area contributed by atoms with Crippen molar-refractivity contribution in [1.29, 1.82) is 0 Å². The van der Waals surface area contributed by atoms with Gasteiger partial charge in [0.1, 0.15) is 11.7 Å². The van der Waals surface area contributed by atoms with Crippen molar-refractivity contribution in [3.63, 3.8) is 0 Å². The largest absolute Gasteiger partial charge is 0.356 e. The number of nitrogens with zero attached hydrogens (tertiary/aromatic N) is 6. The van der Waals surface area contributed by atoms with E-state index in [1.165, 1.54) is 0 Å². The lowest BCUT2D eigenvalue weighted by Crippen LogP contribution is -2.55. The zero-order valence-electron chi connectivity index (χ0n) is 15.3. The van der Waals surface area contributed by atoms with Crippen LogP contribution in [0.25, 0.3) is 0 Å². The van der Waals surface area contributed by atoms with Gasteiger partial charge in [-0.25, -0.2) is 4.98 Å². The smallest absolute Gasteiger partial charge is 0.246 e. The summed E-state index contributed by atoms with van der Waals surface area (Å²) >= 11 is 5.80. The second kappa shape index (κ2) is 9.88. The van der Waals surface area contributed by atoms with E-state index in [1.807, 2.05) is 24.2 Å². The average molecular weight is 504 g/mol. The quantitative estimate of drug-likeness (QED) is 0.296. The van der Waals surface area contributed by atoms with Gasteiger partial charge in [-0.15, -0.1) is 24.0 Å². The Bertz CT molecular complexity index is 793. The minimum absolute atomic E-state index is 0. The van der Waals surface area contributed by atoms with Gasteiger partial charge in [-0.2, -0.15) is 5.10 Å². The number of anilines is 1. The molecule has 1 saturated heterocycles. The molecule has 0 aromatic carbocycles. The van der Waals surface area contributed by atoms with E-state index in [0.717, 1.165) is 23.6 Å². The number of aromatic nitrogens is 3. The molecule has 1 fully saturated rings. The van der Waals surface area contributed by atoms with Crippen LogP contribution in [0.1, 0.15) is 5.56 Å². The fourth-order valence-corrected chi connectivity index (χ4v) is 2.99. The molecule has 1 amide bonds. The molecule has 0 bridgehead atoms. The molecule has 1 aliphatic heterocycles. The number of aryl methyl sites for hydroxylation is 1. The van der Waals surface area contributed by atoms with Crippen molar-refractivity contribution >= 4 is 53.1 Å². The average Bonchev–Trinajstić information content (AvgIpc) is 3.06. The summed E-state index contributed by atoms with van der Waals surface area (Å²) in [6.07, 6.45) is 6.12. The van der Waals surface area contributed by atoms with Crippen LogP contribution in [-0.4, -0.2) is 64.8 Å². The number of pyridine rings is 1. The molecule has 2 aromatic rings. The normalized spacial score (nSPS) is 14.9. The van der Waals surface area contributed by atoms with Gasteiger partial charge in [0.2, 0.25) is 5.91 Å². The first kappa shape index (κ1) is 21.4. The first-order valence-corrected chi connectivity index (χ1v) is 8.79. The minimum atomic E-state index is 0. The number of carbonyl (C=O) groups excluding carboxylic acids is 1. The third-order valence-electron chi connectivity index (χ3n) is 4.22. The van der Waals surface area contributed by atoms with Gasteiger partial charge in [-0.3, -0.25) is 14.5 Å². The molecule has 3 heterocycles. The Morgan fingerprint density at radius 2 is 2.15 bits per heavy atom. The van der Waals surface area contributed by atoms with Crippen molar-refractivity contribution in [1.82, 2.24) is 25.0 Å². The number of hydrogen-bond acceptors (Lipinski definition) is 4. The maximum Gasteiger partial charge on any atom is 0.246 e. The highest BCUT2D eigenvalue weighted by Gasteiger charge is 2.27. The fourth-order valence-electron chi connectivity index (χ4n) is 2.88. The van der Waals surface area contributed by atoms with Crippen LogP contribution in [0.3, 0.4) is 0 Å². The summed E-state index contributed by atoms with van der Waals surface area (Å²) < 4.78 is 1.70. The van der Waals surface area contributed by atoms with Gasteiger partial charge in [0.05, 0.1) is 11.9 Å². The first-order chi connectivity index (χ1) is 12.6. The van der Waals surface area contributed by atoms with Gasteiger partial charge >= 0.3 is 0 Å². The summed E-state index contributed by atoms with van der Waals surface area (Å²) in [6, 6.07) is 3.73. The molecule has 10 heteroatoms. The molecular formula is C17H23ClIN7O. The molecule has 8 nitrogen and oxygen atoms in total. The van der Waals surface area contributed by atoms with Crippen LogP contribution < -0.4 is 10.2 Å². The van der Waals surface area contributed by atoms with Gasteiger partial charge in [-0.1, -0.05) is 17.7 Å². The SMILES string of the molecule is CN=C(NCCc1ccc(Cl)nc1)N1CCN(c2cnn(C)c2)C(=O)C1.I. The number of aliphatic imine (C=N–C) groups is 1. The van der Waals surface area contributed by atoms with Crippen molar-refractivity contribution < 1.29 is 4.79 Å². The van der Waals surface area contributed by atoms with Gasteiger partial charge in [0, 0.05) is 46.1 Å². The highest BCUT2D eigenvalue weighted by Crippen LogP contribution is 2.16. The highest BCUT2D eigenvalue weighted by atomic mass is 127. The Balaban J connectivity index is 0.00000261. The number of nitrogens with one attached hydrogen (secondary N) is 1. The Hall–Kier alpha value is -1.88. The Kier molecular flexibility index (Phi) is 7.84. The van der Waals surface area contributed by atoms with Gasteiger partial charge in [-0.05, 0) is 18.1 Å². The van der Waals surface area contributed by atoms with Crippen LogP contribution in [0.4, 0.5) is 5.69 Å². The monoisotopic (exact) mass is 503 g/mol. The van der Waals surface area contributed by atoms with Gasteiger partial charge < -0.3 is 15.1 Å². The van der Waals surface area contributed by atoms with E-state index in [0.29, 0.717) is 24.8 Å². The molecule has 2 aromatic heterocycles. The van der Waals surface area contributed by atoms with Crippen LogP contribution >= 0.6 is 35.6 Å². The summed E-state index contributed by atoms with van der Waals surface area (Å²) in [7, 11) is 3.57. The van der Waals surface area contributed by atoms with Crippen molar-refractivity contribution in [2.75, 3.05) is 38.1 Å². The van der Waals surface area contributed by atoms with Gasteiger partial charge in [0.15, 0.2) is 5.96 Å². The van der Waals surface area contributed by atoms with Crippen molar-refractivity contribution in [3.8, 4) is 0 Å². The van der Waals surface area contributed by atoms with Crippen molar-refractivity contribution in [2.24, 2.45) is 12.0 Å². The number of carbonyl (C=O) groups is 1. The number of rotatable bonds is 4. The standard InChI is InChI=1S/C17H22ClN7O.HI/c1-19-17(20-6-5-13-3-4-15(18)21-9-13)24-7-8-25(16(26)12-24)14-10-22-23(2)11-14;/h3-4,9-11H,5-8,12H2,1-2H3,(H,19,20);1H. The molecule has 0 atom stereocenters. The van der Waals surface area contributed by atoms with Crippen LogP contribution in [0, 0.1) is 0 Å². The maximum absolute atomic E-state index is 12.5. The topological polar surface area (TPSA) is 78.7 Å². The maximum atomic E-state index is 12.5. The highest BCUT2D eigenvalue weighted by molar-refractivity contribution is 14.0. The Labute approximate surface area is 180 Å². The molecule has 1 aliphatic rings. The van der Waals surface area contributed by atoms with Crippen LogP contribution in [0.5, 0.6) is 0 Å². The summed E-state index contributed by atoms with van der Waals surface area (Å²) in [5, 5.41) is 7.93. The van der Waals surface area contributed by atoms with Crippen molar-refractivity contribution in [3.05, 3.63) is 41.4 Å². The molecule has 0 unspecified atom stereocenters. The second-order valence-corrected chi connectivity index (χ2v) is 6.44. The zero-order chi connectivity index (χ0) is 18.5. The molecule has 3 rings (SSSR count). The van der Waals surface area contributed by atoms with Crippen molar-refractivity contribution in [2.45, 2.75) is 6.42 Å². The van der Waals surface area contributed by atoms with Crippen LogP contribution in [-0.2, 0) is 18.3 Å². The van der Waals surface area contributed by atoms with E-state index < -0.39 is 0 Å². The molecule has 0 aliphatic carbocycles. The second-order valence-electron chi connectivity index (χ2n) is 6.05. The minimum Gasteiger partial charge on any atom is -0.356 e. The first-order valence-electron chi connectivity index (χ1n) is 8.42. The molecule has 27 heavy (non-hydrogen) atoms. The van der Waals surface area contributed by atoms with Crippen LogP contribution in [0.2, 0.25) is 5.15 Å². The van der Waals surface area contributed by atoms with Crippen LogP contribution in [0.15, 0.2) is 35.7 Å². The van der Waals surface area contributed by atoms with Gasteiger partial charge in [0.25, 0.3) is 0 Å². The molecule has 0 radical (unpaired) electrons. The van der Waals surface area contributed by atoms with E-state index in [2.05, 4.69) is 20.4 Å². The summed E-state index contributed by atoms with van der Waals surface area (Å²) in [6.45, 7) is 2.30. The molecule has 1 N–H and O–H groups in total. The number of amides is 1. The lowest BCUT2D eigenvalue weighted by molar-refractivity contribution is -0.120.